The van der Waals surface area contributed by atoms with E-state index in [9.17, 15) is 14.4 Å². The summed E-state index contributed by atoms with van der Waals surface area (Å²) in [7, 11) is 1.49. The second-order valence-corrected chi connectivity index (χ2v) is 4.75. The summed E-state index contributed by atoms with van der Waals surface area (Å²) < 4.78 is 4.87. The number of primary amides is 1. The molecule has 0 atom stereocenters. The summed E-state index contributed by atoms with van der Waals surface area (Å²) in [5, 5.41) is 8.83. The molecule has 0 aromatic rings. The number of carbonyl (C=O) groups is 3. The molecule has 20 heavy (non-hydrogen) atoms. The molecule has 0 spiro atoms. The van der Waals surface area contributed by atoms with Gasteiger partial charge in [-0.2, -0.15) is 0 Å². The van der Waals surface area contributed by atoms with E-state index in [4.69, 9.17) is 15.6 Å². The number of hydrogen-bond donors (Lipinski definition) is 2. The molecule has 0 aliphatic carbocycles. The van der Waals surface area contributed by atoms with Crippen molar-refractivity contribution in [2.75, 3.05) is 39.9 Å². The molecule has 1 fully saturated rings. The van der Waals surface area contributed by atoms with Gasteiger partial charge in [-0.15, -0.1) is 0 Å². The number of aliphatic carboxylic acids is 1. The standard InChI is InChI=1S/C12H21N3O5/c1-20-7-6-15(8-10(16)17)12(19)14-4-2-9(3-5-14)11(13)18/h9H,2-8H2,1H3,(H2,13,18)(H,16,17). The lowest BCUT2D eigenvalue weighted by Crippen LogP contribution is -2.50. The molecule has 8 nitrogen and oxygen atoms in total. The fraction of sp³-hybridized carbons (Fsp3) is 0.750. The third-order valence-electron chi connectivity index (χ3n) is 3.33. The number of methoxy groups -OCH3 is 1. The van der Waals surface area contributed by atoms with Crippen LogP contribution < -0.4 is 5.73 Å². The molecule has 1 heterocycles. The highest BCUT2D eigenvalue weighted by atomic mass is 16.5. The van der Waals surface area contributed by atoms with E-state index >= 15 is 0 Å². The fourth-order valence-electron chi connectivity index (χ4n) is 2.16. The van der Waals surface area contributed by atoms with E-state index in [-0.39, 0.29) is 37.6 Å². The number of likely N-dealkylation sites (tertiary alicyclic amines) is 1. The Labute approximate surface area is 117 Å². The summed E-state index contributed by atoms with van der Waals surface area (Å²) in [4.78, 5) is 36.9. The first-order valence-electron chi connectivity index (χ1n) is 6.49. The first-order chi connectivity index (χ1) is 9.45. The Kier molecular flexibility index (Phi) is 6.23. The Bertz CT molecular complexity index is 366. The van der Waals surface area contributed by atoms with Crippen molar-refractivity contribution < 1.29 is 24.2 Å². The topological polar surface area (TPSA) is 113 Å². The van der Waals surface area contributed by atoms with Crippen molar-refractivity contribution in [2.24, 2.45) is 11.7 Å². The molecule has 3 amide bonds. The van der Waals surface area contributed by atoms with Gasteiger partial charge in [0.1, 0.15) is 6.54 Å². The van der Waals surface area contributed by atoms with Crippen molar-refractivity contribution in [3.05, 3.63) is 0 Å². The zero-order valence-corrected chi connectivity index (χ0v) is 11.6. The Hall–Kier alpha value is -1.83. The van der Waals surface area contributed by atoms with Gasteiger partial charge in [0.15, 0.2) is 0 Å². The molecule has 0 unspecified atom stereocenters. The lowest BCUT2D eigenvalue weighted by atomic mass is 9.96. The first kappa shape index (κ1) is 16.2. The van der Waals surface area contributed by atoms with Gasteiger partial charge in [0.25, 0.3) is 0 Å². The zero-order valence-electron chi connectivity index (χ0n) is 11.6. The van der Waals surface area contributed by atoms with Crippen molar-refractivity contribution >= 4 is 17.9 Å². The molecule has 1 aliphatic rings. The quantitative estimate of drug-likeness (QED) is 0.673. The predicted octanol–water partition coefficient (Wildman–Crippen LogP) is -0.663. The van der Waals surface area contributed by atoms with Crippen LogP contribution in [0.2, 0.25) is 0 Å². The number of nitrogens with two attached hydrogens (primary N) is 1. The number of piperidine rings is 1. The highest BCUT2D eigenvalue weighted by Gasteiger charge is 2.29. The molecule has 0 aromatic carbocycles. The monoisotopic (exact) mass is 287 g/mol. The largest absolute Gasteiger partial charge is 0.480 e. The average molecular weight is 287 g/mol. The molecule has 1 aliphatic heterocycles. The number of nitrogens with zero attached hydrogens (tertiary/aromatic N) is 2. The number of rotatable bonds is 6. The molecule has 0 radical (unpaired) electrons. The molecule has 1 rings (SSSR count). The smallest absolute Gasteiger partial charge is 0.323 e. The van der Waals surface area contributed by atoms with Crippen LogP contribution >= 0.6 is 0 Å². The van der Waals surface area contributed by atoms with E-state index in [1.165, 1.54) is 12.0 Å². The van der Waals surface area contributed by atoms with Crippen LogP contribution in [0.3, 0.4) is 0 Å². The highest BCUT2D eigenvalue weighted by Crippen LogP contribution is 2.17. The molecule has 8 heteroatoms. The zero-order chi connectivity index (χ0) is 15.1. The number of urea groups is 1. The Morgan fingerprint density at radius 1 is 1.35 bits per heavy atom. The third-order valence-corrected chi connectivity index (χ3v) is 3.33. The van der Waals surface area contributed by atoms with Crippen LogP contribution in [-0.4, -0.2) is 72.7 Å². The number of carbonyl (C=O) groups excluding carboxylic acids is 2. The Morgan fingerprint density at radius 2 is 1.95 bits per heavy atom. The van der Waals surface area contributed by atoms with E-state index in [1.54, 1.807) is 4.90 Å². The second-order valence-electron chi connectivity index (χ2n) is 4.75. The van der Waals surface area contributed by atoms with Crippen LogP contribution in [0, 0.1) is 5.92 Å². The van der Waals surface area contributed by atoms with Crippen molar-refractivity contribution in [2.45, 2.75) is 12.8 Å². The number of ether oxygens (including phenoxy) is 1. The lowest BCUT2D eigenvalue weighted by Gasteiger charge is -2.34. The second kappa shape index (κ2) is 7.68. The van der Waals surface area contributed by atoms with Crippen LogP contribution in [0.15, 0.2) is 0 Å². The SMILES string of the molecule is COCCN(CC(=O)O)C(=O)N1CCC(C(N)=O)CC1. The van der Waals surface area contributed by atoms with Crippen LogP contribution in [0.25, 0.3) is 0 Å². The summed E-state index contributed by atoms with van der Waals surface area (Å²) in [5.41, 5.74) is 5.23. The maximum absolute atomic E-state index is 12.2. The van der Waals surface area contributed by atoms with Crippen molar-refractivity contribution in [3.63, 3.8) is 0 Å². The van der Waals surface area contributed by atoms with Gasteiger partial charge in [0.05, 0.1) is 6.61 Å². The van der Waals surface area contributed by atoms with Gasteiger partial charge in [-0.1, -0.05) is 0 Å². The van der Waals surface area contributed by atoms with Gasteiger partial charge in [0, 0.05) is 32.7 Å². The minimum absolute atomic E-state index is 0.203. The number of amides is 3. The summed E-state index contributed by atoms with van der Waals surface area (Å²) in [5.74, 6) is -1.62. The molecule has 114 valence electrons. The molecular weight excluding hydrogens is 266 g/mol. The number of hydrogen-bond acceptors (Lipinski definition) is 4. The highest BCUT2D eigenvalue weighted by molar-refractivity contribution is 5.81. The average Bonchev–Trinajstić information content (AvgIpc) is 2.42. The van der Waals surface area contributed by atoms with Crippen LogP contribution in [0.1, 0.15) is 12.8 Å². The first-order valence-corrected chi connectivity index (χ1v) is 6.49. The van der Waals surface area contributed by atoms with Crippen LogP contribution in [0.4, 0.5) is 4.79 Å². The molecule has 3 N–H and O–H groups in total. The van der Waals surface area contributed by atoms with Gasteiger partial charge in [-0.3, -0.25) is 9.59 Å². The molecular formula is C12H21N3O5. The Morgan fingerprint density at radius 3 is 2.40 bits per heavy atom. The third kappa shape index (κ3) is 4.69. The van der Waals surface area contributed by atoms with E-state index in [2.05, 4.69) is 0 Å². The van der Waals surface area contributed by atoms with Crippen molar-refractivity contribution in [1.29, 1.82) is 0 Å². The molecule has 0 bridgehead atoms. The minimum atomic E-state index is -1.07. The normalized spacial score (nSPS) is 15.9. The van der Waals surface area contributed by atoms with Gasteiger partial charge in [-0.05, 0) is 12.8 Å². The van der Waals surface area contributed by atoms with Crippen LogP contribution in [0.5, 0.6) is 0 Å². The van der Waals surface area contributed by atoms with E-state index in [0.29, 0.717) is 25.9 Å². The van der Waals surface area contributed by atoms with Crippen molar-refractivity contribution in [3.8, 4) is 0 Å². The maximum atomic E-state index is 12.2. The van der Waals surface area contributed by atoms with E-state index < -0.39 is 5.97 Å². The van der Waals surface area contributed by atoms with Gasteiger partial charge in [-0.25, -0.2) is 4.79 Å². The summed E-state index contributed by atoms with van der Waals surface area (Å²) >= 11 is 0. The predicted molar refractivity (Wildman–Crippen MR) is 70.0 cm³/mol. The fourth-order valence-corrected chi connectivity index (χ4v) is 2.16. The van der Waals surface area contributed by atoms with Gasteiger partial charge >= 0.3 is 12.0 Å². The summed E-state index contributed by atoms with van der Waals surface area (Å²) in [6, 6.07) is -0.340. The summed E-state index contributed by atoms with van der Waals surface area (Å²) in [6.45, 7) is 0.956. The molecule has 0 saturated carbocycles. The van der Waals surface area contributed by atoms with E-state index in [0.717, 1.165) is 0 Å². The number of carboxylic acid groups (broad SMARTS) is 1. The van der Waals surface area contributed by atoms with E-state index in [1.807, 2.05) is 0 Å². The maximum Gasteiger partial charge on any atom is 0.323 e. The lowest BCUT2D eigenvalue weighted by molar-refractivity contribution is -0.137. The van der Waals surface area contributed by atoms with Crippen molar-refractivity contribution in [1.82, 2.24) is 9.80 Å². The summed E-state index contributed by atoms with van der Waals surface area (Å²) in [6.07, 6.45) is 1.04. The number of carboxylic acids is 1. The van der Waals surface area contributed by atoms with Crippen LogP contribution in [-0.2, 0) is 14.3 Å². The molecule has 1 saturated heterocycles. The van der Waals surface area contributed by atoms with Gasteiger partial charge in [0.2, 0.25) is 5.91 Å². The Balaban J connectivity index is 2.56. The molecule has 0 aromatic heterocycles. The van der Waals surface area contributed by atoms with Gasteiger partial charge < -0.3 is 25.4 Å². The minimum Gasteiger partial charge on any atom is -0.480 e.